The summed E-state index contributed by atoms with van der Waals surface area (Å²) in [5.41, 5.74) is 5.67. The topological polar surface area (TPSA) is 43.6 Å². The lowest BCUT2D eigenvalue weighted by atomic mass is 9.85. The molecule has 1 aliphatic heterocycles. The molecular weight excluding hydrogens is 596 g/mol. The van der Waals surface area contributed by atoms with Crippen molar-refractivity contribution in [1.29, 1.82) is 0 Å². The smallest absolute Gasteiger partial charge is 0.271 e. The van der Waals surface area contributed by atoms with Crippen molar-refractivity contribution in [3.05, 3.63) is 110 Å². The van der Waals surface area contributed by atoms with Gasteiger partial charge in [-0.15, -0.1) is 11.3 Å². The number of halogens is 2. The van der Waals surface area contributed by atoms with Gasteiger partial charge in [0.05, 0.1) is 32.3 Å². The number of benzene rings is 2. The third-order valence-electron chi connectivity index (χ3n) is 6.21. The van der Waals surface area contributed by atoms with E-state index in [1.807, 2.05) is 22.8 Å². The molecule has 6 rings (SSSR count). The van der Waals surface area contributed by atoms with E-state index in [2.05, 4.69) is 73.6 Å². The van der Waals surface area contributed by atoms with Crippen molar-refractivity contribution >= 4 is 66.3 Å². The zero-order valence-electron chi connectivity index (χ0n) is 18.0. The molecule has 0 N–H and O–H groups in total. The van der Waals surface area contributed by atoms with Crippen LogP contribution in [0.15, 0.2) is 78.2 Å². The van der Waals surface area contributed by atoms with Crippen LogP contribution in [0.5, 0.6) is 5.75 Å². The Bertz CT molecular complexity index is 1630. The molecule has 3 heterocycles. The Morgan fingerprint density at radius 2 is 1.91 bits per heavy atom. The monoisotopic (exact) mass is 612 g/mol. The lowest BCUT2D eigenvalue weighted by Gasteiger charge is -2.30. The minimum absolute atomic E-state index is 0.00405. The maximum Gasteiger partial charge on any atom is 0.271 e. The molecule has 8 heteroatoms. The number of aryl methyl sites for hydroxylation is 1. The largest absolute Gasteiger partial charge is 0.494 e. The van der Waals surface area contributed by atoms with Gasteiger partial charge in [0.2, 0.25) is 0 Å². The number of hydrogen-bond acceptors (Lipinski definition) is 5. The predicted octanol–water partition coefficient (Wildman–Crippen LogP) is 5.91. The van der Waals surface area contributed by atoms with Crippen LogP contribution in [0.1, 0.15) is 34.0 Å². The van der Waals surface area contributed by atoms with E-state index in [0.29, 0.717) is 4.53 Å². The SMILES string of the molecule is COc1c(Br)cc(C=c2sc3n(c2=O)C(c2cccs2)C2=C(N=3)c3ccccc3CC2)cc1Br. The van der Waals surface area contributed by atoms with Crippen molar-refractivity contribution in [3.63, 3.8) is 0 Å². The molecule has 0 fully saturated rings. The molecule has 170 valence electrons. The summed E-state index contributed by atoms with van der Waals surface area (Å²) in [7, 11) is 1.63. The molecule has 4 aromatic rings. The van der Waals surface area contributed by atoms with E-state index in [1.165, 1.54) is 32.9 Å². The molecule has 0 amide bonds. The zero-order chi connectivity index (χ0) is 23.4. The summed E-state index contributed by atoms with van der Waals surface area (Å²) in [6.45, 7) is 0. The van der Waals surface area contributed by atoms with E-state index in [-0.39, 0.29) is 11.6 Å². The Labute approximate surface area is 220 Å². The van der Waals surface area contributed by atoms with E-state index in [9.17, 15) is 4.79 Å². The standard InChI is InChI=1S/C26H18Br2N2O2S2/c1-32-24-18(27)11-14(12-19(24)28)13-21-25(31)30-23(20-7-4-10-33-20)17-9-8-15-5-2-3-6-16(15)22(17)29-26(30)34-21/h2-7,10-13,23H,8-9H2,1H3. The van der Waals surface area contributed by atoms with Gasteiger partial charge in [0.15, 0.2) is 4.80 Å². The van der Waals surface area contributed by atoms with E-state index in [0.717, 1.165) is 43.6 Å². The molecule has 1 aliphatic carbocycles. The summed E-state index contributed by atoms with van der Waals surface area (Å²) in [6, 6.07) is 16.5. The third-order valence-corrected chi connectivity index (χ3v) is 9.29. The molecule has 1 atom stereocenters. The van der Waals surface area contributed by atoms with Crippen LogP contribution >= 0.6 is 54.5 Å². The Kier molecular flexibility index (Phi) is 5.72. The summed E-state index contributed by atoms with van der Waals surface area (Å²) in [5.74, 6) is 0.725. The molecule has 2 aliphatic rings. The fraction of sp³-hybridized carbons (Fsp3) is 0.154. The van der Waals surface area contributed by atoms with Crippen LogP contribution < -0.4 is 19.6 Å². The van der Waals surface area contributed by atoms with Gasteiger partial charge in [0.25, 0.3) is 5.56 Å². The van der Waals surface area contributed by atoms with Crippen molar-refractivity contribution in [1.82, 2.24) is 4.57 Å². The summed E-state index contributed by atoms with van der Waals surface area (Å²) in [5, 5.41) is 2.08. The highest BCUT2D eigenvalue weighted by atomic mass is 79.9. The van der Waals surface area contributed by atoms with E-state index in [4.69, 9.17) is 9.73 Å². The van der Waals surface area contributed by atoms with Crippen molar-refractivity contribution < 1.29 is 4.74 Å². The number of allylic oxidation sites excluding steroid dienone is 1. The molecule has 2 aromatic heterocycles. The van der Waals surface area contributed by atoms with Crippen LogP contribution in [0, 0.1) is 0 Å². The molecule has 0 radical (unpaired) electrons. The number of hydrogen-bond donors (Lipinski definition) is 0. The van der Waals surface area contributed by atoms with Crippen LogP contribution in [-0.2, 0) is 6.42 Å². The number of nitrogens with zero attached hydrogens (tertiary/aromatic N) is 2. The molecule has 0 saturated heterocycles. The van der Waals surface area contributed by atoms with Gasteiger partial charge in [-0.1, -0.05) is 41.7 Å². The van der Waals surface area contributed by atoms with E-state index in [1.54, 1.807) is 18.4 Å². The van der Waals surface area contributed by atoms with Gasteiger partial charge in [0.1, 0.15) is 5.75 Å². The molecule has 0 bridgehead atoms. The minimum atomic E-state index is -0.115. The van der Waals surface area contributed by atoms with Gasteiger partial charge in [0, 0.05) is 10.4 Å². The number of methoxy groups -OCH3 is 1. The number of fused-ring (bicyclic) bond motifs is 3. The minimum Gasteiger partial charge on any atom is -0.494 e. The van der Waals surface area contributed by atoms with Crippen molar-refractivity contribution in [2.75, 3.05) is 7.11 Å². The van der Waals surface area contributed by atoms with E-state index < -0.39 is 0 Å². The maximum absolute atomic E-state index is 13.8. The average Bonchev–Trinajstić information content (AvgIpc) is 3.46. The van der Waals surface area contributed by atoms with Crippen LogP contribution in [-0.4, -0.2) is 11.7 Å². The Morgan fingerprint density at radius 1 is 1.12 bits per heavy atom. The number of thiazole rings is 1. The normalized spacial score (nSPS) is 17.1. The molecule has 0 saturated carbocycles. The van der Waals surface area contributed by atoms with Crippen LogP contribution in [0.25, 0.3) is 11.8 Å². The van der Waals surface area contributed by atoms with Gasteiger partial charge < -0.3 is 4.74 Å². The van der Waals surface area contributed by atoms with E-state index >= 15 is 0 Å². The first-order chi connectivity index (χ1) is 16.5. The molecule has 34 heavy (non-hydrogen) atoms. The van der Waals surface area contributed by atoms with Crippen molar-refractivity contribution in [2.45, 2.75) is 18.9 Å². The van der Waals surface area contributed by atoms with Crippen LogP contribution in [0.2, 0.25) is 0 Å². The lowest BCUT2D eigenvalue weighted by molar-refractivity contribution is 0.409. The van der Waals surface area contributed by atoms with Gasteiger partial charge in [-0.05, 0) is 91.1 Å². The summed E-state index contributed by atoms with van der Waals surface area (Å²) >= 11 is 10.3. The van der Waals surface area contributed by atoms with Crippen molar-refractivity contribution in [3.8, 4) is 5.75 Å². The van der Waals surface area contributed by atoms with Crippen molar-refractivity contribution in [2.24, 2.45) is 4.99 Å². The first-order valence-corrected chi connectivity index (χ1v) is 14.0. The summed E-state index contributed by atoms with van der Waals surface area (Å²) < 4.78 is 9.63. The second kappa shape index (κ2) is 8.75. The summed E-state index contributed by atoms with van der Waals surface area (Å²) in [6.07, 6.45) is 3.80. The number of thiophene rings is 1. The van der Waals surface area contributed by atoms with Gasteiger partial charge in [-0.3, -0.25) is 9.36 Å². The van der Waals surface area contributed by atoms with Gasteiger partial charge >= 0.3 is 0 Å². The molecular formula is C26H18Br2N2O2S2. The first kappa shape index (κ1) is 22.2. The fourth-order valence-corrected chi connectivity index (χ4v) is 8.12. The predicted molar refractivity (Wildman–Crippen MR) is 145 cm³/mol. The maximum atomic E-state index is 13.8. The average molecular weight is 614 g/mol. The highest BCUT2D eigenvalue weighted by Crippen LogP contribution is 2.42. The second-order valence-corrected chi connectivity index (χ2v) is 11.8. The number of ether oxygens (including phenoxy) is 1. The van der Waals surface area contributed by atoms with Crippen LogP contribution in [0.4, 0.5) is 0 Å². The second-order valence-electron chi connectivity index (χ2n) is 8.15. The number of aromatic nitrogens is 1. The quantitative estimate of drug-likeness (QED) is 0.288. The fourth-order valence-electron chi connectivity index (χ4n) is 4.73. The molecule has 4 nitrogen and oxygen atoms in total. The molecule has 0 spiro atoms. The molecule has 2 aromatic carbocycles. The highest BCUT2D eigenvalue weighted by Gasteiger charge is 2.33. The first-order valence-electron chi connectivity index (χ1n) is 10.7. The van der Waals surface area contributed by atoms with Gasteiger partial charge in [-0.25, -0.2) is 4.99 Å². The Morgan fingerprint density at radius 3 is 2.65 bits per heavy atom. The van der Waals surface area contributed by atoms with Crippen LogP contribution in [0.3, 0.4) is 0 Å². The molecule has 1 unspecified atom stereocenters. The Hall–Kier alpha value is -2.26. The third kappa shape index (κ3) is 3.59. The highest BCUT2D eigenvalue weighted by molar-refractivity contribution is 9.11. The lowest BCUT2D eigenvalue weighted by Crippen LogP contribution is -2.38. The van der Waals surface area contributed by atoms with Gasteiger partial charge in [-0.2, -0.15) is 0 Å². The number of rotatable bonds is 3. The Balaban J connectivity index is 1.59. The zero-order valence-corrected chi connectivity index (χ0v) is 22.9. The summed E-state index contributed by atoms with van der Waals surface area (Å²) in [4.78, 5) is 20.7.